The van der Waals surface area contributed by atoms with E-state index in [1.54, 1.807) is 6.07 Å². The van der Waals surface area contributed by atoms with Gasteiger partial charge in [0.1, 0.15) is 5.82 Å². The summed E-state index contributed by atoms with van der Waals surface area (Å²) in [5, 5.41) is 3.24. The number of aromatic nitrogens is 2. The summed E-state index contributed by atoms with van der Waals surface area (Å²) < 4.78 is 0. The van der Waals surface area contributed by atoms with E-state index in [2.05, 4.69) is 29.1 Å². The van der Waals surface area contributed by atoms with Crippen LogP contribution in [0.5, 0.6) is 0 Å². The van der Waals surface area contributed by atoms with Crippen LogP contribution in [0.1, 0.15) is 44.1 Å². The lowest BCUT2D eigenvalue weighted by Crippen LogP contribution is -2.25. The summed E-state index contributed by atoms with van der Waals surface area (Å²) in [6.45, 7) is 4.78. The largest absolute Gasteiger partial charge is 0.309 e. The highest BCUT2D eigenvalue weighted by Gasteiger charge is 2.25. The normalized spacial score (nSPS) is 15.9. The molecule has 0 atom stereocenters. The van der Waals surface area contributed by atoms with Crippen molar-refractivity contribution in [3.63, 3.8) is 0 Å². The van der Waals surface area contributed by atoms with Crippen molar-refractivity contribution in [3.8, 4) is 0 Å². The molecule has 1 saturated carbocycles. The van der Waals surface area contributed by atoms with Gasteiger partial charge in [-0.15, -0.1) is 0 Å². The lowest BCUT2D eigenvalue weighted by atomic mass is 10.3. The average molecular weight is 207 g/mol. The van der Waals surface area contributed by atoms with Crippen LogP contribution in [0.2, 0.25) is 0 Å². The zero-order chi connectivity index (χ0) is 10.8. The monoisotopic (exact) mass is 207 g/mol. The highest BCUT2D eigenvalue weighted by atomic mass is 16.1. The van der Waals surface area contributed by atoms with Crippen molar-refractivity contribution >= 4 is 0 Å². The SMILES string of the molecule is CC(C)NCc1nc(C2CC2)cc(=O)[nH]1. The van der Waals surface area contributed by atoms with E-state index in [1.807, 2.05) is 0 Å². The number of hydrogen-bond donors (Lipinski definition) is 2. The maximum atomic E-state index is 11.4. The van der Waals surface area contributed by atoms with Gasteiger partial charge in [0.05, 0.1) is 12.2 Å². The molecular weight excluding hydrogens is 190 g/mol. The summed E-state index contributed by atoms with van der Waals surface area (Å²) in [4.78, 5) is 18.6. The van der Waals surface area contributed by atoms with E-state index >= 15 is 0 Å². The van der Waals surface area contributed by atoms with Gasteiger partial charge in [-0.25, -0.2) is 4.98 Å². The van der Waals surface area contributed by atoms with Gasteiger partial charge in [-0.05, 0) is 12.8 Å². The maximum absolute atomic E-state index is 11.4. The zero-order valence-electron chi connectivity index (χ0n) is 9.21. The van der Waals surface area contributed by atoms with Crippen molar-refractivity contribution in [2.45, 2.75) is 45.2 Å². The van der Waals surface area contributed by atoms with Crippen molar-refractivity contribution in [1.82, 2.24) is 15.3 Å². The van der Waals surface area contributed by atoms with Crippen molar-refractivity contribution in [1.29, 1.82) is 0 Å². The second-order valence-corrected chi connectivity index (χ2v) is 4.43. The van der Waals surface area contributed by atoms with Gasteiger partial charge in [0.2, 0.25) is 0 Å². The van der Waals surface area contributed by atoms with Gasteiger partial charge in [-0.1, -0.05) is 13.8 Å². The van der Waals surface area contributed by atoms with Crippen LogP contribution in [0, 0.1) is 0 Å². The molecule has 0 amide bonds. The molecule has 1 heterocycles. The molecule has 82 valence electrons. The molecule has 0 spiro atoms. The number of nitrogens with one attached hydrogen (secondary N) is 2. The molecule has 1 aliphatic carbocycles. The number of hydrogen-bond acceptors (Lipinski definition) is 3. The van der Waals surface area contributed by atoms with Crippen LogP contribution < -0.4 is 10.9 Å². The molecule has 0 radical (unpaired) electrons. The van der Waals surface area contributed by atoms with Crippen LogP contribution >= 0.6 is 0 Å². The summed E-state index contributed by atoms with van der Waals surface area (Å²) in [5.41, 5.74) is 0.923. The standard InChI is InChI=1S/C11H17N3O/c1-7(2)12-6-10-13-9(8-3-4-8)5-11(15)14-10/h5,7-8,12H,3-4,6H2,1-2H3,(H,13,14,15). The maximum Gasteiger partial charge on any atom is 0.251 e. The quantitative estimate of drug-likeness (QED) is 0.778. The fourth-order valence-electron chi connectivity index (χ4n) is 1.50. The van der Waals surface area contributed by atoms with Crippen molar-refractivity contribution in [2.24, 2.45) is 0 Å². The predicted octanol–water partition coefficient (Wildman–Crippen LogP) is 1.15. The Hall–Kier alpha value is -1.16. The van der Waals surface area contributed by atoms with Gasteiger partial charge in [0.25, 0.3) is 5.56 Å². The Morgan fingerprint density at radius 1 is 1.60 bits per heavy atom. The molecule has 15 heavy (non-hydrogen) atoms. The highest BCUT2D eigenvalue weighted by Crippen LogP contribution is 2.38. The van der Waals surface area contributed by atoms with Crippen molar-refractivity contribution in [2.75, 3.05) is 0 Å². The molecule has 4 nitrogen and oxygen atoms in total. The fourth-order valence-corrected chi connectivity index (χ4v) is 1.50. The van der Waals surface area contributed by atoms with E-state index in [-0.39, 0.29) is 5.56 Å². The summed E-state index contributed by atoms with van der Waals surface area (Å²) in [5.74, 6) is 1.28. The third kappa shape index (κ3) is 2.89. The first-order chi connectivity index (χ1) is 7.15. The van der Waals surface area contributed by atoms with Gasteiger partial charge in [-0.2, -0.15) is 0 Å². The molecule has 1 aromatic heterocycles. The first kappa shape index (κ1) is 10.4. The third-order valence-electron chi connectivity index (χ3n) is 2.48. The highest BCUT2D eigenvalue weighted by molar-refractivity contribution is 5.14. The molecule has 0 aromatic carbocycles. The molecule has 0 unspecified atom stereocenters. The Bertz CT molecular complexity index is 393. The van der Waals surface area contributed by atoms with Gasteiger partial charge in [-0.3, -0.25) is 4.79 Å². The van der Waals surface area contributed by atoms with Crippen molar-refractivity contribution < 1.29 is 0 Å². The smallest absolute Gasteiger partial charge is 0.251 e. The van der Waals surface area contributed by atoms with Gasteiger partial charge < -0.3 is 10.3 Å². The minimum Gasteiger partial charge on any atom is -0.309 e. The molecule has 2 N–H and O–H groups in total. The molecule has 0 saturated heterocycles. The van der Waals surface area contributed by atoms with Crippen molar-refractivity contribution in [3.05, 3.63) is 27.9 Å². The van der Waals surface area contributed by atoms with Crippen LogP contribution in [-0.2, 0) is 6.54 Å². The second kappa shape index (κ2) is 4.14. The Kier molecular flexibility index (Phi) is 2.86. The molecule has 0 aliphatic heterocycles. The molecule has 0 bridgehead atoms. The lowest BCUT2D eigenvalue weighted by molar-refractivity contribution is 0.569. The van der Waals surface area contributed by atoms with Gasteiger partial charge >= 0.3 is 0 Å². The second-order valence-electron chi connectivity index (χ2n) is 4.43. The summed E-state index contributed by atoms with van der Waals surface area (Å²) in [6, 6.07) is 2.02. The molecule has 1 fully saturated rings. The topological polar surface area (TPSA) is 57.8 Å². The van der Waals surface area contributed by atoms with Gasteiger partial charge in [0, 0.05) is 18.0 Å². The fraction of sp³-hybridized carbons (Fsp3) is 0.636. The number of nitrogens with zero attached hydrogens (tertiary/aromatic N) is 1. The zero-order valence-corrected chi connectivity index (χ0v) is 9.21. The minimum absolute atomic E-state index is 0.0348. The Labute approximate surface area is 89.1 Å². The Morgan fingerprint density at radius 3 is 2.93 bits per heavy atom. The van der Waals surface area contributed by atoms with Crippen LogP contribution in [0.15, 0.2) is 10.9 Å². The van der Waals surface area contributed by atoms with Crippen LogP contribution in [-0.4, -0.2) is 16.0 Å². The van der Waals surface area contributed by atoms with E-state index in [9.17, 15) is 4.79 Å². The molecule has 1 aromatic rings. The molecule has 4 heteroatoms. The number of aromatic amines is 1. The van der Waals surface area contributed by atoms with E-state index in [4.69, 9.17) is 0 Å². The van der Waals surface area contributed by atoms with E-state index < -0.39 is 0 Å². The summed E-state index contributed by atoms with van der Waals surface area (Å²) >= 11 is 0. The van der Waals surface area contributed by atoms with Crippen LogP contribution in [0.4, 0.5) is 0 Å². The number of H-pyrrole nitrogens is 1. The van der Waals surface area contributed by atoms with E-state index in [0.29, 0.717) is 18.5 Å². The average Bonchev–Trinajstić information content (AvgIpc) is 2.97. The van der Waals surface area contributed by atoms with E-state index in [0.717, 1.165) is 11.5 Å². The minimum atomic E-state index is -0.0348. The Morgan fingerprint density at radius 2 is 2.33 bits per heavy atom. The van der Waals surface area contributed by atoms with Gasteiger partial charge in [0.15, 0.2) is 0 Å². The molecule has 1 aliphatic rings. The number of rotatable bonds is 4. The predicted molar refractivity (Wildman–Crippen MR) is 58.8 cm³/mol. The summed E-state index contributed by atoms with van der Waals surface area (Å²) in [7, 11) is 0. The molecule has 2 rings (SSSR count). The van der Waals surface area contributed by atoms with E-state index in [1.165, 1.54) is 12.8 Å². The third-order valence-corrected chi connectivity index (χ3v) is 2.48. The molecular formula is C11H17N3O. The first-order valence-electron chi connectivity index (χ1n) is 5.48. The first-order valence-corrected chi connectivity index (χ1v) is 5.48. The summed E-state index contributed by atoms with van der Waals surface area (Å²) in [6.07, 6.45) is 2.35. The Balaban J connectivity index is 2.12. The lowest BCUT2D eigenvalue weighted by Gasteiger charge is -2.07. The van der Waals surface area contributed by atoms with Crippen LogP contribution in [0.3, 0.4) is 0 Å². The van der Waals surface area contributed by atoms with Crippen LogP contribution in [0.25, 0.3) is 0 Å².